The van der Waals surface area contributed by atoms with Crippen LogP contribution in [0.3, 0.4) is 0 Å². The molecule has 1 fully saturated rings. The summed E-state index contributed by atoms with van der Waals surface area (Å²) >= 11 is 2.04. The summed E-state index contributed by atoms with van der Waals surface area (Å²) < 4.78 is 13.9. The van der Waals surface area contributed by atoms with Gasteiger partial charge in [0.05, 0.1) is 5.56 Å². The third-order valence-corrected chi connectivity index (χ3v) is 5.29. The number of nitrogens with zero attached hydrogens (tertiary/aromatic N) is 1. The monoisotopic (exact) mass is 403 g/mol. The van der Waals surface area contributed by atoms with Gasteiger partial charge in [0.2, 0.25) is 0 Å². The van der Waals surface area contributed by atoms with E-state index in [9.17, 15) is 9.18 Å². The second-order valence-corrected chi connectivity index (χ2v) is 8.07. The van der Waals surface area contributed by atoms with Crippen LogP contribution in [0.1, 0.15) is 50.4 Å². The maximum atomic E-state index is 13.2. The summed E-state index contributed by atoms with van der Waals surface area (Å²) in [6, 6.07) is 4.39. The molecule has 4 heteroatoms. The number of rotatable bonds is 1. The number of hydrogen-bond acceptors (Lipinski definition) is 1. The van der Waals surface area contributed by atoms with Crippen LogP contribution in [0.2, 0.25) is 0 Å². The molecule has 2 nitrogen and oxygen atoms in total. The van der Waals surface area contributed by atoms with Crippen LogP contribution in [-0.4, -0.2) is 23.9 Å². The summed E-state index contributed by atoms with van der Waals surface area (Å²) in [6.45, 7) is 8.43. The van der Waals surface area contributed by atoms with E-state index < -0.39 is 0 Å². The van der Waals surface area contributed by atoms with Crippen molar-refractivity contribution in [2.75, 3.05) is 13.1 Å². The maximum Gasteiger partial charge on any atom is 0.254 e. The Morgan fingerprint density at radius 3 is 2.62 bits per heavy atom. The molecule has 21 heavy (non-hydrogen) atoms. The van der Waals surface area contributed by atoms with Crippen LogP contribution in [0.25, 0.3) is 0 Å². The Morgan fingerprint density at radius 1 is 1.29 bits per heavy atom. The molecule has 116 valence electrons. The molecule has 1 heterocycles. The summed E-state index contributed by atoms with van der Waals surface area (Å²) in [5.41, 5.74) is 0.912. The molecule has 2 rings (SSSR count). The van der Waals surface area contributed by atoms with Crippen LogP contribution in [0.5, 0.6) is 0 Å². The number of benzene rings is 1. The minimum absolute atomic E-state index is 0.0361. The Morgan fingerprint density at radius 2 is 2.00 bits per heavy atom. The van der Waals surface area contributed by atoms with Crippen molar-refractivity contribution in [2.45, 2.75) is 40.0 Å². The number of carbonyl (C=O) groups excluding carboxylic acids is 1. The normalized spacial score (nSPS) is 20.2. The zero-order valence-corrected chi connectivity index (χ0v) is 15.1. The molecule has 1 aliphatic rings. The minimum Gasteiger partial charge on any atom is -0.339 e. The summed E-state index contributed by atoms with van der Waals surface area (Å²) in [5.74, 6) is 0.399. The summed E-state index contributed by atoms with van der Waals surface area (Å²) in [6.07, 6.45) is 3.27. The summed E-state index contributed by atoms with van der Waals surface area (Å²) in [7, 11) is 0. The molecule has 0 spiro atoms. The van der Waals surface area contributed by atoms with Gasteiger partial charge in [0.15, 0.2) is 0 Å². The molecule has 0 saturated carbocycles. The van der Waals surface area contributed by atoms with E-state index >= 15 is 0 Å². The molecule has 1 saturated heterocycles. The standard InChI is InChI=1S/C17H23FINO/c1-17(2,3)12-5-4-9-20(10-8-12)16(21)14-7-6-13(18)11-15(14)19/h6-7,11-12H,4-5,8-10H2,1-3H3. The lowest BCUT2D eigenvalue weighted by atomic mass is 9.77. The van der Waals surface area contributed by atoms with Gasteiger partial charge in [-0.05, 0) is 71.4 Å². The Hall–Kier alpha value is -0.650. The zero-order chi connectivity index (χ0) is 15.6. The van der Waals surface area contributed by atoms with Crippen molar-refractivity contribution in [3.05, 3.63) is 33.1 Å². The van der Waals surface area contributed by atoms with Crippen LogP contribution in [0.4, 0.5) is 4.39 Å². The fourth-order valence-corrected chi connectivity index (χ4v) is 3.71. The quantitative estimate of drug-likeness (QED) is 0.622. The van der Waals surface area contributed by atoms with E-state index in [4.69, 9.17) is 0 Å². The van der Waals surface area contributed by atoms with Crippen molar-refractivity contribution in [3.63, 3.8) is 0 Å². The van der Waals surface area contributed by atoms with Crippen LogP contribution < -0.4 is 0 Å². The number of amides is 1. The summed E-state index contributed by atoms with van der Waals surface area (Å²) in [5, 5.41) is 0. The van der Waals surface area contributed by atoms with Gasteiger partial charge in [-0.2, -0.15) is 0 Å². The van der Waals surface area contributed by atoms with E-state index in [2.05, 4.69) is 20.8 Å². The van der Waals surface area contributed by atoms with Crippen molar-refractivity contribution in [3.8, 4) is 0 Å². The van der Waals surface area contributed by atoms with Crippen LogP contribution >= 0.6 is 22.6 Å². The molecule has 1 amide bonds. The van der Waals surface area contributed by atoms with Gasteiger partial charge in [0.1, 0.15) is 5.82 Å². The maximum absolute atomic E-state index is 13.2. The fraction of sp³-hybridized carbons (Fsp3) is 0.588. The van der Waals surface area contributed by atoms with Gasteiger partial charge >= 0.3 is 0 Å². The molecule has 0 aliphatic carbocycles. The Kier molecular flexibility index (Phi) is 5.28. The first-order valence-electron chi connectivity index (χ1n) is 7.53. The first-order chi connectivity index (χ1) is 9.79. The van der Waals surface area contributed by atoms with Gasteiger partial charge in [-0.25, -0.2) is 4.39 Å². The summed E-state index contributed by atoms with van der Waals surface area (Å²) in [4.78, 5) is 14.6. The van der Waals surface area contributed by atoms with E-state index in [-0.39, 0.29) is 11.7 Å². The van der Waals surface area contributed by atoms with Gasteiger partial charge in [0.25, 0.3) is 5.91 Å². The molecule has 1 unspecified atom stereocenters. The van der Waals surface area contributed by atoms with Gasteiger partial charge in [-0.3, -0.25) is 4.79 Å². The first-order valence-corrected chi connectivity index (χ1v) is 8.61. The Labute approximate surface area is 140 Å². The lowest BCUT2D eigenvalue weighted by Gasteiger charge is -2.29. The predicted octanol–water partition coefficient (Wildman–Crippen LogP) is 4.72. The van der Waals surface area contributed by atoms with Crippen LogP contribution in [-0.2, 0) is 0 Å². The SMILES string of the molecule is CC(C)(C)C1CCCN(C(=O)c2ccc(F)cc2I)CC1. The third-order valence-electron chi connectivity index (χ3n) is 4.40. The molecular weight excluding hydrogens is 380 g/mol. The Bertz CT molecular complexity index is 524. The third kappa shape index (κ3) is 4.18. The molecule has 0 radical (unpaired) electrons. The average Bonchev–Trinajstić information content (AvgIpc) is 2.63. The molecule has 1 aromatic carbocycles. The van der Waals surface area contributed by atoms with E-state index in [0.29, 0.717) is 20.5 Å². The van der Waals surface area contributed by atoms with E-state index in [1.807, 2.05) is 27.5 Å². The van der Waals surface area contributed by atoms with Gasteiger partial charge in [-0.15, -0.1) is 0 Å². The molecule has 1 aromatic rings. The molecule has 1 aliphatic heterocycles. The fourth-order valence-electron chi connectivity index (χ4n) is 3.00. The van der Waals surface area contributed by atoms with Gasteiger partial charge in [-0.1, -0.05) is 20.8 Å². The molecule has 0 bridgehead atoms. The molecule has 0 aromatic heterocycles. The first kappa shape index (κ1) is 16.7. The van der Waals surface area contributed by atoms with Gasteiger partial charge in [0, 0.05) is 16.7 Å². The lowest BCUT2D eigenvalue weighted by molar-refractivity contribution is 0.0754. The molecular formula is C17H23FINO. The second-order valence-electron chi connectivity index (χ2n) is 6.91. The Balaban J connectivity index is 2.10. The smallest absolute Gasteiger partial charge is 0.254 e. The number of halogens is 2. The average molecular weight is 403 g/mol. The van der Waals surface area contributed by atoms with E-state index in [1.54, 1.807) is 6.07 Å². The zero-order valence-electron chi connectivity index (χ0n) is 13.0. The second kappa shape index (κ2) is 6.63. The molecule has 0 N–H and O–H groups in total. The lowest BCUT2D eigenvalue weighted by Crippen LogP contribution is -2.33. The number of likely N-dealkylation sites (tertiary alicyclic amines) is 1. The highest BCUT2D eigenvalue weighted by Gasteiger charge is 2.29. The van der Waals surface area contributed by atoms with Crippen LogP contribution in [0.15, 0.2) is 18.2 Å². The highest BCUT2D eigenvalue weighted by Crippen LogP contribution is 2.34. The van der Waals surface area contributed by atoms with E-state index in [1.165, 1.54) is 18.6 Å². The number of hydrogen-bond donors (Lipinski definition) is 0. The largest absolute Gasteiger partial charge is 0.339 e. The van der Waals surface area contributed by atoms with Crippen molar-refractivity contribution < 1.29 is 9.18 Å². The topological polar surface area (TPSA) is 20.3 Å². The van der Waals surface area contributed by atoms with E-state index in [0.717, 1.165) is 25.9 Å². The van der Waals surface area contributed by atoms with Gasteiger partial charge < -0.3 is 4.90 Å². The highest BCUT2D eigenvalue weighted by molar-refractivity contribution is 14.1. The van der Waals surface area contributed by atoms with Crippen molar-refractivity contribution in [1.82, 2.24) is 4.90 Å². The number of carbonyl (C=O) groups is 1. The van der Waals surface area contributed by atoms with Crippen molar-refractivity contribution >= 4 is 28.5 Å². The predicted molar refractivity (Wildman–Crippen MR) is 91.8 cm³/mol. The van der Waals surface area contributed by atoms with Crippen molar-refractivity contribution in [1.29, 1.82) is 0 Å². The highest BCUT2D eigenvalue weighted by atomic mass is 127. The minimum atomic E-state index is -0.292. The molecule has 1 atom stereocenters. The van der Waals surface area contributed by atoms with Crippen LogP contribution in [0, 0.1) is 20.7 Å². The van der Waals surface area contributed by atoms with Crippen molar-refractivity contribution in [2.24, 2.45) is 11.3 Å².